The van der Waals surface area contributed by atoms with Crippen molar-refractivity contribution in [3.05, 3.63) is 42.1 Å². The first-order chi connectivity index (χ1) is 10.3. The van der Waals surface area contributed by atoms with Crippen LogP contribution in [0.15, 0.2) is 34.0 Å². The largest absolute Gasteiger partial charge is 0.441 e. The molecule has 1 aliphatic rings. The number of oxazole rings is 1. The first kappa shape index (κ1) is 11.9. The zero-order valence-corrected chi connectivity index (χ0v) is 10.9. The van der Waals surface area contributed by atoms with E-state index in [4.69, 9.17) is 8.94 Å². The van der Waals surface area contributed by atoms with Crippen LogP contribution in [0, 0.1) is 0 Å². The van der Waals surface area contributed by atoms with Crippen LogP contribution in [-0.2, 0) is 13.0 Å². The third-order valence-corrected chi connectivity index (χ3v) is 3.50. The number of aromatic nitrogens is 4. The van der Waals surface area contributed by atoms with Gasteiger partial charge in [-0.1, -0.05) is 5.16 Å². The molecule has 0 bridgehead atoms. The summed E-state index contributed by atoms with van der Waals surface area (Å²) >= 11 is 0. The Kier molecular flexibility index (Phi) is 2.59. The molecule has 4 rings (SSSR count). The van der Waals surface area contributed by atoms with E-state index in [2.05, 4.69) is 20.1 Å². The van der Waals surface area contributed by atoms with Crippen molar-refractivity contribution in [3.8, 4) is 11.5 Å². The molecule has 0 unspecified atom stereocenters. The maximum atomic E-state index is 12.6. The zero-order valence-electron chi connectivity index (χ0n) is 10.9. The number of hydrogen-bond acceptors (Lipinski definition) is 6. The van der Waals surface area contributed by atoms with Gasteiger partial charge in [-0.05, 0) is 0 Å². The van der Waals surface area contributed by atoms with Gasteiger partial charge in [0.1, 0.15) is 6.26 Å². The number of H-pyrrole nitrogens is 1. The van der Waals surface area contributed by atoms with E-state index in [9.17, 15) is 4.79 Å². The van der Waals surface area contributed by atoms with E-state index in [0.29, 0.717) is 24.5 Å². The smallest absolute Gasteiger partial charge is 0.276 e. The molecule has 106 valence electrons. The van der Waals surface area contributed by atoms with Crippen LogP contribution in [0.4, 0.5) is 0 Å². The number of imidazole rings is 1. The molecule has 1 aliphatic heterocycles. The van der Waals surface area contributed by atoms with Crippen molar-refractivity contribution in [2.75, 3.05) is 6.54 Å². The minimum absolute atomic E-state index is 0.193. The van der Waals surface area contributed by atoms with Crippen LogP contribution in [-0.4, -0.2) is 37.5 Å². The molecule has 3 aromatic rings. The Hall–Kier alpha value is -2.90. The fraction of sp³-hybridized carbons (Fsp3) is 0.231. The first-order valence-electron chi connectivity index (χ1n) is 6.47. The highest BCUT2D eigenvalue weighted by Crippen LogP contribution is 2.24. The Morgan fingerprint density at radius 2 is 2.33 bits per heavy atom. The predicted octanol–water partition coefficient (Wildman–Crippen LogP) is 1.25. The standard InChI is InChI=1S/C13H11N5O3/c19-13(18-3-1-8-10(5-18)15-6-14-8)11-12(20-7-16-11)9-2-4-21-17-9/h2,4,6-7H,1,3,5H2,(H,14,15). The molecule has 3 aromatic heterocycles. The van der Waals surface area contributed by atoms with Gasteiger partial charge in [0.2, 0.25) is 0 Å². The third-order valence-electron chi connectivity index (χ3n) is 3.50. The Morgan fingerprint density at radius 1 is 1.38 bits per heavy atom. The summed E-state index contributed by atoms with van der Waals surface area (Å²) in [6.07, 6.45) is 5.03. The van der Waals surface area contributed by atoms with E-state index in [1.807, 2.05) is 0 Å². The predicted molar refractivity (Wildman–Crippen MR) is 69.0 cm³/mol. The lowest BCUT2D eigenvalue weighted by Crippen LogP contribution is -2.36. The summed E-state index contributed by atoms with van der Waals surface area (Å²) in [6, 6.07) is 1.63. The Balaban J connectivity index is 1.63. The number of fused-ring (bicyclic) bond motifs is 1. The van der Waals surface area contributed by atoms with Crippen LogP contribution in [0.3, 0.4) is 0 Å². The molecule has 0 aromatic carbocycles. The van der Waals surface area contributed by atoms with Gasteiger partial charge in [0.05, 0.1) is 24.3 Å². The van der Waals surface area contributed by atoms with Gasteiger partial charge in [0.25, 0.3) is 5.91 Å². The molecule has 0 aliphatic carbocycles. The second-order valence-corrected chi connectivity index (χ2v) is 4.72. The molecule has 1 N–H and O–H groups in total. The lowest BCUT2D eigenvalue weighted by Gasteiger charge is -2.25. The second-order valence-electron chi connectivity index (χ2n) is 4.72. The summed E-state index contributed by atoms with van der Waals surface area (Å²) in [4.78, 5) is 25.6. The highest BCUT2D eigenvalue weighted by atomic mass is 16.5. The Morgan fingerprint density at radius 3 is 3.19 bits per heavy atom. The van der Waals surface area contributed by atoms with Crippen LogP contribution in [0.1, 0.15) is 21.9 Å². The quantitative estimate of drug-likeness (QED) is 0.760. The van der Waals surface area contributed by atoms with Crippen molar-refractivity contribution >= 4 is 5.91 Å². The van der Waals surface area contributed by atoms with E-state index in [-0.39, 0.29) is 11.6 Å². The van der Waals surface area contributed by atoms with Gasteiger partial charge < -0.3 is 18.8 Å². The zero-order chi connectivity index (χ0) is 14.2. The van der Waals surface area contributed by atoms with Gasteiger partial charge in [0, 0.05) is 19.0 Å². The normalized spacial score (nSPS) is 14.2. The van der Waals surface area contributed by atoms with Gasteiger partial charge in [-0.3, -0.25) is 4.79 Å². The van der Waals surface area contributed by atoms with Gasteiger partial charge in [-0.2, -0.15) is 0 Å². The summed E-state index contributed by atoms with van der Waals surface area (Å²) in [5.41, 5.74) is 2.67. The van der Waals surface area contributed by atoms with E-state index < -0.39 is 0 Å². The van der Waals surface area contributed by atoms with Crippen molar-refractivity contribution < 1.29 is 13.7 Å². The van der Waals surface area contributed by atoms with Crippen molar-refractivity contribution in [3.63, 3.8) is 0 Å². The lowest BCUT2D eigenvalue weighted by molar-refractivity contribution is 0.0727. The van der Waals surface area contributed by atoms with Gasteiger partial charge in [0.15, 0.2) is 23.5 Å². The number of aromatic amines is 1. The van der Waals surface area contributed by atoms with Gasteiger partial charge >= 0.3 is 0 Å². The number of amides is 1. The van der Waals surface area contributed by atoms with Crippen LogP contribution in [0.5, 0.6) is 0 Å². The Labute approximate surface area is 118 Å². The number of nitrogens with one attached hydrogen (secondary N) is 1. The highest BCUT2D eigenvalue weighted by molar-refractivity contribution is 5.97. The molecule has 0 saturated carbocycles. The van der Waals surface area contributed by atoms with E-state index in [1.165, 1.54) is 12.7 Å². The van der Waals surface area contributed by atoms with Crippen molar-refractivity contribution in [1.29, 1.82) is 0 Å². The molecule has 0 saturated heterocycles. The molecule has 4 heterocycles. The molecule has 1 amide bonds. The molecular weight excluding hydrogens is 274 g/mol. The average Bonchev–Trinajstić information content (AvgIpc) is 3.24. The number of hydrogen-bond donors (Lipinski definition) is 1. The highest BCUT2D eigenvalue weighted by Gasteiger charge is 2.28. The maximum absolute atomic E-state index is 12.6. The van der Waals surface area contributed by atoms with Crippen molar-refractivity contribution in [2.24, 2.45) is 0 Å². The maximum Gasteiger partial charge on any atom is 0.276 e. The molecule has 0 spiro atoms. The van der Waals surface area contributed by atoms with E-state index >= 15 is 0 Å². The van der Waals surface area contributed by atoms with Gasteiger partial charge in [-0.25, -0.2) is 9.97 Å². The molecular formula is C13H11N5O3. The number of nitrogens with zero attached hydrogens (tertiary/aromatic N) is 4. The molecule has 8 nitrogen and oxygen atoms in total. The molecule has 8 heteroatoms. The fourth-order valence-corrected chi connectivity index (χ4v) is 2.45. The topological polar surface area (TPSA) is 101 Å². The SMILES string of the molecule is O=C(c1ncoc1-c1ccon1)N1CCc2nc[nH]c2C1. The van der Waals surface area contributed by atoms with E-state index in [0.717, 1.165) is 17.8 Å². The van der Waals surface area contributed by atoms with Crippen LogP contribution in [0.25, 0.3) is 11.5 Å². The van der Waals surface area contributed by atoms with Crippen LogP contribution in [0.2, 0.25) is 0 Å². The summed E-state index contributed by atoms with van der Waals surface area (Å²) in [5, 5.41) is 3.78. The van der Waals surface area contributed by atoms with Crippen LogP contribution < -0.4 is 0 Å². The summed E-state index contributed by atoms with van der Waals surface area (Å²) in [5.74, 6) is 0.131. The molecule has 0 atom stereocenters. The monoisotopic (exact) mass is 285 g/mol. The second kappa shape index (κ2) is 4.58. The first-order valence-corrected chi connectivity index (χ1v) is 6.47. The summed E-state index contributed by atoms with van der Waals surface area (Å²) < 4.78 is 10.1. The average molecular weight is 285 g/mol. The Bertz CT molecular complexity index is 773. The fourth-order valence-electron chi connectivity index (χ4n) is 2.45. The van der Waals surface area contributed by atoms with Crippen molar-refractivity contribution in [1.82, 2.24) is 25.0 Å². The minimum Gasteiger partial charge on any atom is -0.441 e. The van der Waals surface area contributed by atoms with Gasteiger partial charge in [-0.15, -0.1) is 0 Å². The third kappa shape index (κ3) is 1.92. The number of carbonyl (C=O) groups excluding carboxylic acids is 1. The molecule has 0 radical (unpaired) electrons. The summed E-state index contributed by atoms with van der Waals surface area (Å²) in [6.45, 7) is 1.08. The minimum atomic E-state index is -0.193. The summed E-state index contributed by atoms with van der Waals surface area (Å²) in [7, 11) is 0. The lowest BCUT2D eigenvalue weighted by atomic mass is 10.1. The van der Waals surface area contributed by atoms with Crippen molar-refractivity contribution in [2.45, 2.75) is 13.0 Å². The van der Waals surface area contributed by atoms with Crippen LogP contribution >= 0.6 is 0 Å². The molecule has 21 heavy (non-hydrogen) atoms. The number of carbonyl (C=O) groups is 1. The van der Waals surface area contributed by atoms with E-state index in [1.54, 1.807) is 17.3 Å². The molecule has 0 fully saturated rings. The number of rotatable bonds is 2.